The van der Waals surface area contributed by atoms with Gasteiger partial charge in [-0.15, -0.1) is 0 Å². The molecule has 2 aliphatic heterocycles. The summed E-state index contributed by atoms with van der Waals surface area (Å²) < 4.78 is 10.9. The number of hydrogen-bond acceptors (Lipinski definition) is 8. The minimum Gasteiger partial charge on any atom is -0.462 e. The number of nitrogens with zero attached hydrogens (tertiary/aromatic N) is 2. The van der Waals surface area contributed by atoms with E-state index in [0.717, 1.165) is 23.8 Å². The number of carbonyl (C=O) groups excluding carboxylic acids is 1. The van der Waals surface area contributed by atoms with Gasteiger partial charge in [-0.1, -0.05) is 0 Å². The van der Waals surface area contributed by atoms with E-state index in [1.54, 1.807) is 30.4 Å². The Kier molecular flexibility index (Phi) is 5.52. The van der Waals surface area contributed by atoms with Crippen LogP contribution >= 0.6 is 0 Å². The molecule has 2 aromatic heterocycles. The van der Waals surface area contributed by atoms with E-state index in [2.05, 4.69) is 15.4 Å². The molecular weight excluding hydrogens is 376 g/mol. The van der Waals surface area contributed by atoms with Gasteiger partial charge in [-0.3, -0.25) is 5.43 Å². The molecule has 4 rings (SSSR count). The maximum atomic E-state index is 12.5. The number of β-amino-alcohol motifs (C(OH)–C–C–N with tert-alkyl or cyclic N) is 1. The van der Waals surface area contributed by atoms with E-state index in [4.69, 9.17) is 9.47 Å². The van der Waals surface area contributed by atoms with Gasteiger partial charge in [0, 0.05) is 36.4 Å². The minimum absolute atomic E-state index is 0.0103. The molecule has 29 heavy (non-hydrogen) atoms. The molecule has 2 atom stereocenters. The highest BCUT2D eigenvalue weighted by atomic mass is 16.5. The van der Waals surface area contributed by atoms with Crippen LogP contribution in [-0.2, 0) is 14.3 Å². The Morgan fingerprint density at radius 1 is 1.52 bits per heavy atom. The second-order valence-corrected chi connectivity index (χ2v) is 7.01. The SMILES string of the molecule is CCOC(=O)C1=C(NN2CCCC(O)C2)O/C(=C\c2c[nH]c3ncccc23)C1O. The highest BCUT2D eigenvalue weighted by Crippen LogP contribution is 2.31. The Bertz CT molecular complexity index is 967. The van der Waals surface area contributed by atoms with Crippen molar-refractivity contribution in [3.8, 4) is 0 Å². The van der Waals surface area contributed by atoms with Crippen LogP contribution in [0, 0.1) is 0 Å². The van der Waals surface area contributed by atoms with Crippen LogP contribution in [0.2, 0.25) is 0 Å². The zero-order valence-corrected chi connectivity index (χ0v) is 16.1. The van der Waals surface area contributed by atoms with Crippen LogP contribution in [0.4, 0.5) is 0 Å². The highest BCUT2D eigenvalue weighted by molar-refractivity contribution is 5.93. The number of ether oxygens (including phenoxy) is 2. The molecule has 9 nitrogen and oxygen atoms in total. The van der Waals surface area contributed by atoms with Crippen molar-refractivity contribution in [3.05, 3.63) is 47.3 Å². The number of aliphatic hydroxyl groups excluding tert-OH is 2. The average molecular weight is 400 g/mol. The van der Waals surface area contributed by atoms with E-state index in [0.29, 0.717) is 18.7 Å². The summed E-state index contributed by atoms with van der Waals surface area (Å²) >= 11 is 0. The van der Waals surface area contributed by atoms with Gasteiger partial charge < -0.3 is 24.7 Å². The van der Waals surface area contributed by atoms with Gasteiger partial charge in [-0.05, 0) is 38.0 Å². The van der Waals surface area contributed by atoms with E-state index in [1.807, 2.05) is 12.1 Å². The van der Waals surface area contributed by atoms with Crippen molar-refractivity contribution in [2.75, 3.05) is 19.7 Å². The van der Waals surface area contributed by atoms with Crippen LogP contribution in [0.3, 0.4) is 0 Å². The number of aliphatic hydroxyl groups is 2. The third kappa shape index (κ3) is 3.98. The van der Waals surface area contributed by atoms with Gasteiger partial charge in [0.1, 0.15) is 23.1 Å². The number of carbonyl (C=O) groups is 1. The molecule has 4 heterocycles. The van der Waals surface area contributed by atoms with Crippen molar-refractivity contribution >= 4 is 23.1 Å². The molecule has 0 aromatic carbocycles. The van der Waals surface area contributed by atoms with Gasteiger partial charge in [0.2, 0.25) is 5.88 Å². The maximum absolute atomic E-state index is 12.5. The number of nitrogens with one attached hydrogen (secondary N) is 2. The summed E-state index contributed by atoms with van der Waals surface area (Å²) in [7, 11) is 0. The summed E-state index contributed by atoms with van der Waals surface area (Å²) in [6, 6.07) is 3.72. The second-order valence-electron chi connectivity index (χ2n) is 7.01. The van der Waals surface area contributed by atoms with Crippen LogP contribution < -0.4 is 5.43 Å². The zero-order chi connectivity index (χ0) is 20.4. The topological polar surface area (TPSA) is 120 Å². The number of fused-ring (bicyclic) bond motifs is 1. The Morgan fingerprint density at radius 2 is 2.38 bits per heavy atom. The first-order chi connectivity index (χ1) is 14.1. The molecule has 0 bridgehead atoms. The van der Waals surface area contributed by atoms with Crippen molar-refractivity contribution in [3.63, 3.8) is 0 Å². The molecule has 2 unspecified atom stereocenters. The fourth-order valence-electron chi connectivity index (χ4n) is 3.55. The molecule has 1 fully saturated rings. The minimum atomic E-state index is -1.27. The lowest BCUT2D eigenvalue weighted by atomic mass is 10.1. The number of H-pyrrole nitrogens is 1. The number of rotatable bonds is 5. The summed E-state index contributed by atoms with van der Waals surface area (Å²) in [5, 5.41) is 23.3. The Morgan fingerprint density at radius 3 is 3.17 bits per heavy atom. The van der Waals surface area contributed by atoms with Crippen molar-refractivity contribution < 1.29 is 24.5 Å². The number of esters is 1. The zero-order valence-electron chi connectivity index (χ0n) is 16.1. The van der Waals surface area contributed by atoms with Crippen LogP contribution in [-0.4, -0.2) is 63.1 Å². The third-order valence-electron chi connectivity index (χ3n) is 4.94. The van der Waals surface area contributed by atoms with E-state index >= 15 is 0 Å². The lowest BCUT2D eigenvalue weighted by Gasteiger charge is -2.30. The number of hydrazine groups is 1. The number of pyridine rings is 1. The molecule has 0 aliphatic carbocycles. The summed E-state index contributed by atoms with van der Waals surface area (Å²) in [4.78, 5) is 19.8. The summed E-state index contributed by atoms with van der Waals surface area (Å²) in [6.45, 7) is 2.96. The molecule has 1 saturated heterocycles. The fourth-order valence-corrected chi connectivity index (χ4v) is 3.55. The predicted octanol–water partition coefficient (Wildman–Crippen LogP) is 1.03. The van der Waals surface area contributed by atoms with E-state index in [-0.39, 0.29) is 23.8 Å². The van der Waals surface area contributed by atoms with Gasteiger partial charge in [-0.25, -0.2) is 14.8 Å². The molecule has 2 aromatic rings. The quantitative estimate of drug-likeness (QED) is 0.550. The van der Waals surface area contributed by atoms with Crippen LogP contribution in [0.15, 0.2) is 41.7 Å². The molecule has 0 spiro atoms. The summed E-state index contributed by atoms with van der Waals surface area (Å²) in [5.74, 6) is -0.323. The van der Waals surface area contributed by atoms with Crippen molar-refractivity contribution in [1.29, 1.82) is 0 Å². The Labute approximate surface area is 167 Å². The number of hydrogen-bond donors (Lipinski definition) is 4. The molecule has 0 amide bonds. The van der Waals surface area contributed by atoms with Gasteiger partial charge in [0.05, 0.1) is 12.7 Å². The fraction of sp³-hybridized carbons (Fsp3) is 0.400. The van der Waals surface area contributed by atoms with Crippen molar-refractivity contribution in [2.24, 2.45) is 0 Å². The van der Waals surface area contributed by atoms with Crippen LogP contribution in [0.1, 0.15) is 25.3 Å². The monoisotopic (exact) mass is 400 g/mol. The molecule has 2 aliphatic rings. The normalized spacial score (nSPS) is 24.2. The van der Waals surface area contributed by atoms with Crippen molar-refractivity contribution in [2.45, 2.75) is 32.0 Å². The van der Waals surface area contributed by atoms with Gasteiger partial charge in [0.15, 0.2) is 0 Å². The standard InChI is InChI=1S/C20H24N4O5/c1-2-28-20(27)16-17(26)15(9-12-10-22-18-14(12)6-3-7-21-18)29-19(16)23-24-8-4-5-13(25)11-24/h3,6-7,9-10,13,17,23,25-26H,2,4-5,8,11H2,1H3,(H,21,22)/b15-9-. The smallest absolute Gasteiger partial charge is 0.342 e. The van der Waals surface area contributed by atoms with Crippen LogP contribution in [0.5, 0.6) is 0 Å². The molecule has 0 saturated carbocycles. The van der Waals surface area contributed by atoms with Crippen molar-refractivity contribution in [1.82, 2.24) is 20.4 Å². The Hall–Kier alpha value is -2.88. The summed E-state index contributed by atoms with van der Waals surface area (Å²) in [6.07, 6.45) is 4.93. The molecule has 9 heteroatoms. The van der Waals surface area contributed by atoms with Crippen LogP contribution in [0.25, 0.3) is 17.1 Å². The predicted molar refractivity (Wildman–Crippen MR) is 105 cm³/mol. The number of aromatic nitrogens is 2. The van der Waals surface area contributed by atoms with E-state index < -0.39 is 18.2 Å². The number of aromatic amines is 1. The second kappa shape index (κ2) is 8.24. The molecular formula is C20H24N4O5. The molecule has 0 radical (unpaired) electrons. The van der Waals surface area contributed by atoms with Gasteiger partial charge in [0.25, 0.3) is 0 Å². The largest absolute Gasteiger partial charge is 0.462 e. The number of piperidine rings is 1. The highest BCUT2D eigenvalue weighted by Gasteiger charge is 2.38. The van der Waals surface area contributed by atoms with E-state index in [1.165, 1.54) is 0 Å². The molecule has 154 valence electrons. The Balaban J connectivity index is 1.63. The average Bonchev–Trinajstić information content (AvgIpc) is 3.24. The van der Waals surface area contributed by atoms with Gasteiger partial charge >= 0.3 is 5.97 Å². The lowest BCUT2D eigenvalue weighted by Crippen LogP contribution is -2.46. The molecule has 4 N–H and O–H groups in total. The first-order valence-corrected chi connectivity index (χ1v) is 9.67. The maximum Gasteiger partial charge on any atom is 0.342 e. The first kappa shape index (κ1) is 19.4. The lowest BCUT2D eigenvalue weighted by molar-refractivity contribution is -0.139. The van der Waals surface area contributed by atoms with Gasteiger partial charge in [-0.2, -0.15) is 0 Å². The third-order valence-corrected chi connectivity index (χ3v) is 4.94. The summed E-state index contributed by atoms with van der Waals surface area (Å²) in [5.41, 5.74) is 4.53. The van der Waals surface area contributed by atoms with E-state index in [9.17, 15) is 15.0 Å². The first-order valence-electron chi connectivity index (χ1n) is 9.67.